The monoisotopic (exact) mass is 554 g/mol. The van der Waals surface area contributed by atoms with E-state index in [1.165, 1.54) is 15.5 Å². The number of carbonyl (C=O) groups excluding carboxylic acids is 1. The minimum atomic E-state index is -0.592. The molecule has 0 fully saturated rings. The molecule has 41 heavy (non-hydrogen) atoms. The molecule has 0 aliphatic carbocycles. The van der Waals surface area contributed by atoms with E-state index in [-0.39, 0.29) is 30.2 Å². The number of aromatic nitrogens is 4. The van der Waals surface area contributed by atoms with Gasteiger partial charge in [-0.25, -0.2) is 14.8 Å². The van der Waals surface area contributed by atoms with Crippen molar-refractivity contribution in [1.82, 2.24) is 29.7 Å². The first-order valence-corrected chi connectivity index (χ1v) is 13.1. The molecule has 212 valence electrons. The summed E-state index contributed by atoms with van der Waals surface area (Å²) in [6.07, 6.45) is 2.90. The number of hydrogen-bond donors (Lipinski definition) is 3. The Morgan fingerprint density at radius 1 is 1.07 bits per heavy atom. The van der Waals surface area contributed by atoms with Crippen LogP contribution in [0.1, 0.15) is 27.7 Å². The largest absolute Gasteiger partial charge is 0.457 e. The minimum absolute atomic E-state index is 0.00845. The second-order valence-electron chi connectivity index (χ2n) is 11.0. The number of nitrogen functional groups attached to an aromatic ring is 1. The third kappa shape index (κ3) is 6.62. The Morgan fingerprint density at radius 3 is 2.37 bits per heavy atom. The quantitative estimate of drug-likeness (QED) is 0.199. The first-order chi connectivity index (χ1) is 19.4. The summed E-state index contributed by atoms with van der Waals surface area (Å²) < 4.78 is 8.88. The van der Waals surface area contributed by atoms with Crippen LogP contribution in [0.5, 0.6) is 11.5 Å². The predicted molar refractivity (Wildman–Crippen MR) is 158 cm³/mol. The Hall–Kier alpha value is -4.95. The van der Waals surface area contributed by atoms with E-state index in [0.29, 0.717) is 28.4 Å². The van der Waals surface area contributed by atoms with Gasteiger partial charge in [-0.2, -0.15) is 5.26 Å². The van der Waals surface area contributed by atoms with Gasteiger partial charge >= 0.3 is 5.69 Å². The van der Waals surface area contributed by atoms with E-state index in [1.54, 1.807) is 37.4 Å². The first-order valence-electron chi connectivity index (χ1n) is 13.1. The summed E-state index contributed by atoms with van der Waals surface area (Å²) in [5.74, 6) is 0.992. The molecule has 0 saturated heterocycles. The number of ether oxygens (including phenoxy) is 1. The fraction of sp³-hybridized carbons (Fsp3) is 0.300. The number of rotatable bonds is 10. The molecule has 0 aliphatic rings. The lowest BCUT2D eigenvalue weighted by molar-refractivity contribution is -0.117. The number of amides is 1. The first kappa shape index (κ1) is 29.0. The van der Waals surface area contributed by atoms with E-state index < -0.39 is 16.9 Å². The van der Waals surface area contributed by atoms with Crippen LogP contribution in [0.3, 0.4) is 0 Å². The topological polar surface area (TPSA) is 153 Å². The summed E-state index contributed by atoms with van der Waals surface area (Å²) in [7, 11) is 1.75. The zero-order chi connectivity index (χ0) is 29.8. The maximum Gasteiger partial charge on any atom is 0.335 e. The van der Waals surface area contributed by atoms with Gasteiger partial charge < -0.3 is 21.1 Å². The summed E-state index contributed by atoms with van der Waals surface area (Å²) in [5, 5.41) is 15.4. The fourth-order valence-electron chi connectivity index (χ4n) is 4.25. The summed E-state index contributed by atoms with van der Waals surface area (Å²) in [6, 6.07) is 18.4. The Kier molecular flexibility index (Phi) is 8.26. The zero-order valence-corrected chi connectivity index (χ0v) is 23.8. The molecule has 2 heterocycles. The SMILES string of the molecule is CNC(C)(C)/C=C(\C#N)C(=O)NCC(C)(C)Cn1c(=O)n(-c2ccc(Oc3ccccc3)cc2)c2c(N)ncnc21. The minimum Gasteiger partial charge on any atom is -0.457 e. The number of nitrogens with two attached hydrogens (primary N) is 1. The number of fused-ring (bicyclic) bond motifs is 1. The summed E-state index contributed by atoms with van der Waals surface area (Å²) in [4.78, 5) is 35.1. The molecule has 2 aromatic carbocycles. The highest BCUT2D eigenvalue weighted by atomic mass is 16.5. The third-order valence-electron chi connectivity index (χ3n) is 6.63. The van der Waals surface area contributed by atoms with Crippen LogP contribution in [-0.4, -0.2) is 44.1 Å². The Balaban J connectivity index is 1.61. The number of nitrogens with one attached hydrogen (secondary N) is 2. The van der Waals surface area contributed by atoms with Crippen molar-refractivity contribution in [3.63, 3.8) is 0 Å². The molecule has 2 aromatic heterocycles. The maximum absolute atomic E-state index is 13.8. The Morgan fingerprint density at radius 2 is 1.73 bits per heavy atom. The van der Waals surface area contributed by atoms with Gasteiger partial charge in [-0.3, -0.25) is 13.9 Å². The number of carbonyl (C=O) groups is 1. The van der Waals surface area contributed by atoms with Gasteiger partial charge in [-0.1, -0.05) is 32.0 Å². The highest BCUT2D eigenvalue weighted by Gasteiger charge is 2.27. The van der Waals surface area contributed by atoms with Crippen molar-refractivity contribution >= 4 is 22.9 Å². The molecule has 1 amide bonds. The molecule has 11 heteroatoms. The maximum atomic E-state index is 13.8. The summed E-state index contributed by atoms with van der Waals surface area (Å²) in [5.41, 5.74) is 6.10. The van der Waals surface area contributed by atoms with E-state index in [1.807, 2.05) is 64.1 Å². The molecular formula is C30H34N8O3. The third-order valence-corrected chi connectivity index (χ3v) is 6.63. The molecule has 0 saturated carbocycles. The summed E-state index contributed by atoms with van der Waals surface area (Å²) >= 11 is 0. The van der Waals surface area contributed by atoms with Gasteiger partial charge in [-0.15, -0.1) is 0 Å². The highest BCUT2D eigenvalue weighted by molar-refractivity contribution is 5.97. The smallest absolute Gasteiger partial charge is 0.335 e. The molecule has 4 N–H and O–H groups in total. The highest BCUT2D eigenvalue weighted by Crippen LogP contribution is 2.26. The number of nitriles is 1. The molecule has 4 rings (SSSR count). The van der Waals surface area contributed by atoms with Gasteiger partial charge in [0.25, 0.3) is 5.91 Å². The second kappa shape index (κ2) is 11.7. The van der Waals surface area contributed by atoms with Gasteiger partial charge in [0.15, 0.2) is 11.5 Å². The molecule has 0 aliphatic heterocycles. The molecule has 11 nitrogen and oxygen atoms in total. The van der Waals surface area contributed by atoms with Gasteiger partial charge in [0.05, 0.1) is 5.69 Å². The van der Waals surface area contributed by atoms with Gasteiger partial charge in [0, 0.05) is 24.0 Å². The van der Waals surface area contributed by atoms with Crippen LogP contribution in [-0.2, 0) is 11.3 Å². The average Bonchev–Trinajstić information content (AvgIpc) is 3.23. The normalized spacial score (nSPS) is 12.2. The van der Waals surface area contributed by atoms with Crippen molar-refractivity contribution in [1.29, 1.82) is 5.26 Å². The average molecular weight is 555 g/mol. The van der Waals surface area contributed by atoms with Crippen LogP contribution in [0, 0.1) is 16.7 Å². The van der Waals surface area contributed by atoms with Crippen molar-refractivity contribution in [3.05, 3.63) is 83.1 Å². The van der Waals surface area contributed by atoms with Crippen LogP contribution in [0.2, 0.25) is 0 Å². The second-order valence-corrected chi connectivity index (χ2v) is 11.0. The van der Waals surface area contributed by atoms with Crippen LogP contribution < -0.4 is 26.8 Å². The van der Waals surface area contributed by atoms with Crippen molar-refractivity contribution in [3.8, 4) is 23.3 Å². The predicted octanol–water partition coefficient (Wildman–Crippen LogP) is 3.55. The van der Waals surface area contributed by atoms with E-state index >= 15 is 0 Å². The zero-order valence-electron chi connectivity index (χ0n) is 23.8. The number of benzene rings is 2. The number of likely N-dealkylation sites (N-methyl/N-ethyl adjacent to an activating group) is 1. The van der Waals surface area contributed by atoms with Gasteiger partial charge in [0.1, 0.15) is 35.0 Å². The van der Waals surface area contributed by atoms with Gasteiger partial charge in [0.2, 0.25) is 0 Å². The molecular weight excluding hydrogens is 520 g/mol. The van der Waals surface area contributed by atoms with E-state index in [9.17, 15) is 14.9 Å². The van der Waals surface area contributed by atoms with E-state index in [4.69, 9.17) is 10.5 Å². The van der Waals surface area contributed by atoms with Crippen molar-refractivity contribution in [2.45, 2.75) is 39.8 Å². The lowest BCUT2D eigenvalue weighted by Gasteiger charge is -2.25. The number of anilines is 1. The molecule has 0 spiro atoms. The van der Waals surface area contributed by atoms with Gasteiger partial charge in [-0.05, 0) is 63.4 Å². The van der Waals surface area contributed by atoms with Crippen LogP contribution in [0.25, 0.3) is 16.9 Å². The molecule has 0 radical (unpaired) electrons. The van der Waals surface area contributed by atoms with Crippen molar-refractivity contribution in [2.24, 2.45) is 5.41 Å². The Bertz CT molecular complexity index is 1680. The number of hydrogen-bond acceptors (Lipinski definition) is 8. The van der Waals surface area contributed by atoms with Crippen molar-refractivity contribution < 1.29 is 9.53 Å². The standard InChI is InChI=1S/C30H34N8O3/c1-29(2,17-34-27(39)20(16-31)15-30(3,4)33-5)18-37-26-24(25(32)35-19-36-26)38(28(37)40)21-11-13-23(14-12-21)41-22-9-7-6-8-10-22/h6-15,19,33H,17-18H2,1-5H3,(H,34,39)(H2,32,35,36)/b20-15+. The lowest BCUT2D eigenvalue weighted by Crippen LogP contribution is -2.40. The summed E-state index contributed by atoms with van der Waals surface area (Å²) in [6.45, 7) is 7.97. The molecule has 0 unspecified atom stereocenters. The number of nitrogens with zero attached hydrogens (tertiary/aromatic N) is 5. The number of para-hydroxylation sites is 1. The molecule has 0 bridgehead atoms. The fourth-order valence-corrected chi connectivity index (χ4v) is 4.25. The van der Waals surface area contributed by atoms with E-state index in [0.717, 1.165) is 0 Å². The van der Waals surface area contributed by atoms with Crippen LogP contribution >= 0.6 is 0 Å². The van der Waals surface area contributed by atoms with E-state index in [2.05, 4.69) is 20.6 Å². The lowest BCUT2D eigenvalue weighted by atomic mass is 9.93. The molecule has 4 aromatic rings. The van der Waals surface area contributed by atoms with Crippen molar-refractivity contribution in [2.75, 3.05) is 19.3 Å². The Labute approximate surface area is 238 Å². The van der Waals surface area contributed by atoms with Crippen LogP contribution in [0.15, 0.2) is 77.4 Å². The number of imidazole rings is 1. The van der Waals surface area contributed by atoms with Crippen LogP contribution in [0.4, 0.5) is 5.82 Å². The molecule has 0 atom stereocenters.